The van der Waals surface area contributed by atoms with Crippen LogP contribution in [0, 0.1) is 0 Å². The predicted molar refractivity (Wildman–Crippen MR) is 109 cm³/mol. The quantitative estimate of drug-likeness (QED) is 0.651. The Kier molecular flexibility index (Phi) is 4.96. The Morgan fingerprint density at radius 1 is 1.14 bits per heavy atom. The van der Waals surface area contributed by atoms with Crippen LogP contribution in [0.2, 0.25) is 0 Å². The first-order valence-electron chi connectivity index (χ1n) is 9.61. The molecular weight excluding hydrogens is 374 g/mol. The van der Waals surface area contributed by atoms with Crippen molar-refractivity contribution in [2.75, 3.05) is 25.1 Å². The van der Waals surface area contributed by atoms with E-state index in [1.807, 2.05) is 0 Å². The lowest BCUT2D eigenvalue weighted by Crippen LogP contribution is -2.33. The number of rotatable bonds is 5. The Morgan fingerprint density at radius 3 is 2.48 bits per heavy atom. The summed E-state index contributed by atoms with van der Waals surface area (Å²) < 4.78 is 8.07. The first-order chi connectivity index (χ1) is 14.0. The van der Waals surface area contributed by atoms with Crippen LogP contribution >= 0.6 is 0 Å². The first-order valence-corrected chi connectivity index (χ1v) is 9.61. The number of imidazole rings is 1. The lowest BCUT2D eigenvalue weighted by atomic mass is 10.1. The van der Waals surface area contributed by atoms with Crippen LogP contribution < -0.4 is 20.9 Å². The van der Waals surface area contributed by atoms with E-state index in [1.165, 1.54) is 4.57 Å². The van der Waals surface area contributed by atoms with E-state index in [9.17, 15) is 14.4 Å². The number of fused-ring (bicyclic) bond motifs is 1. The highest BCUT2D eigenvalue weighted by Crippen LogP contribution is 2.23. The minimum atomic E-state index is -0.540. The van der Waals surface area contributed by atoms with Gasteiger partial charge in [0.1, 0.15) is 5.75 Å². The molecule has 1 fully saturated rings. The van der Waals surface area contributed by atoms with Crippen molar-refractivity contribution in [3.8, 4) is 5.75 Å². The van der Waals surface area contributed by atoms with E-state index in [-0.39, 0.29) is 23.5 Å². The van der Waals surface area contributed by atoms with Gasteiger partial charge in [-0.1, -0.05) is 0 Å². The summed E-state index contributed by atoms with van der Waals surface area (Å²) in [5.41, 5.74) is -0.0462. The fourth-order valence-electron chi connectivity index (χ4n) is 3.72. The molecule has 0 saturated carbocycles. The van der Waals surface area contributed by atoms with E-state index < -0.39 is 11.2 Å². The summed E-state index contributed by atoms with van der Waals surface area (Å²) in [5, 5.41) is 0. The number of nitrogens with zero attached hydrogens (tertiary/aromatic N) is 4. The molecule has 3 aromatic rings. The molecular formula is C20H23N5O4. The van der Waals surface area contributed by atoms with Gasteiger partial charge in [-0.2, -0.15) is 4.98 Å². The van der Waals surface area contributed by atoms with Crippen LogP contribution in [0.1, 0.15) is 29.6 Å². The number of Topliss-reactive ketones (excluding diaryl/α,β-unsaturated/α-hetero) is 1. The molecule has 1 saturated heterocycles. The number of benzene rings is 1. The zero-order chi connectivity index (χ0) is 20.5. The normalized spacial score (nSPS) is 14.3. The highest BCUT2D eigenvalue weighted by Gasteiger charge is 2.24. The Bertz CT molecular complexity index is 1170. The van der Waals surface area contributed by atoms with Crippen LogP contribution in [0.4, 0.5) is 5.95 Å². The average molecular weight is 397 g/mol. The number of ketones is 1. The zero-order valence-corrected chi connectivity index (χ0v) is 16.5. The van der Waals surface area contributed by atoms with Gasteiger partial charge >= 0.3 is 5.69 Å². The van der Waals surface area contributed by atoms with Gasteiger partial charge in [0.2, 0.25) is 5.95 Å². The maximum Gasteiger partial charge on any atom is 0.329 e. The fourth-order valence-corrected chi connectivity index (χ4v) is 3.72. The Morgan fingerprint density at radius 2 is 1.83 bits per heavy atom. The third-order valence-corrected chi connectivity index (χ3v) is 5.34. The molecule has 0 amide bonds. The van der Waals surface area contributed by atoms with Gasteiger partial charge in [0.25, 0.3) is 5.56 Å². The van der Waals surface area contributed by atoms with Crippen LogP contribution in [0.15, 0.2) is 33.9 Å². The fraction of sp³-hybridized carbons (Fsp3) is 0.400. The minimum absolute atomic E-state index is 0.0457. The lowest BCUT2D eigenvalue weighted by molar-refractivity contribution is 0.0973. The van der Waals surface area contributed by atoms with Crippen LogP contribution in [-0.2, 0) is 13.6 Å². The van der Waals surface area contributed by atoms with Crippen LogP contribution in [0.5, 0.6) is 5.75 Å². The zero-order valence-electron chi connectivity index (χ0n) is 16.5. The number of aromatic amines is 1. The summed E-state index contributed by atoms with van der Waals surface area (Å²) in [4.78, 5) is 46.6. The number of methoxy groups -OCH3 is 1. The molecule has 0 bridgehead atoms. The van der Waals surface area contributed by atoms with Gasteiger partial charge in [-0.25, -0.2) is 4.79 Å². The van der Waals surface area contributed by atoms with E-state index >= 15 is 0 Å². The smallest absolute Gasteiger partial charge is 0.329 e. The highest BCUT2D eigenvalue weighted by atomic mass is 16.5. The number of H-pyrrole nitrogens is 1. The van der Waals surface area contributed by atoms with E-state index in [1.54, 1.807) is 43.0 Å². The molecule has 9 heteroatoms. The van der Waals surface area contributed by atoms with Crippen molar-refractivity contribution >= 4 is 22.9 Å². The molecule has 0 aliphatic carbocycles. The van der Waals surface area contributed by atoms with Crippen molar-refractivity contribution in [1.29, 1.82) is 0 Å². The Labute approximate surface area is 166 Å². The largest absolute Gasteiger partial charge is 0.497 e. The summed E-state index contributed by atoms with van der Waals surface area (Å²) in [6, 6.07) is 6.84. The number of carbonyl (C=O) groups is 1. The SMILES string of the molecule is COc1ccc(C(=O)Cn2c(N3CCCCC3)nc3c2c(=O)[nH]c(=O)n3C)cc1. The van der Waals surface area contributed by atoms with Crippen LogP contribution in [0.3, 0.4) is 0 Å². The molecule has 4 rings (SSSR count). The van der Waals surface area contributed by atoms with Crippen molar-refractivity contribution in [2.45, 2.75) is 25.8 Å². The number of hydrogen-bond donors (Lipinski definition) is 1. The number of anilines is 1. The molecule has 1 aliphatic rings. The summed E-state index contributed by atoms with van der Waals surface area (Å²) in [5.74, 6) is 1.06. The van der Waals surface area contributed by atoms with Gasteiger partial charge in [-0.3, -0.25) is 23.7 Å². The highest BCUT2D eigenvalue weighted by molar-refractivity contribution is 5.97. The van der Waals surface area contributed by atoms with E-state index in [2.05, 4.69) is 14.9 Å². The number of aryl methyl sites for hydroxylation is 1. The van der Waals surface area contributed by atoms with Crippen molar-refractivity contribution in [2.24, 2.45) is 7.05 Å². The molecule has 0 radical (unpaired) electrons. The van der Waals surface area contributed by atoms with E-state index in [0.29, 0.717) is 17.3 Å². The lowest BCUT2D eigenvalue weighted by Gasteiger charge is -2.28. The van der Waals surface area contributed by atoms with Crippen LogP contribution in [-0.4, -0.2) is 45.1 Å². The topological polar surface area (TPSA) is 102 Å². The molecule has 0 unspecified atom stereocenters. The number of hydrogen-bond acceptors (Lipinski definition) is 6. The second-order valence-electron chi connectivity index (χ2n) is 7.19. The van der Waals surface area contributed by atoms with E-state index in [0.717, 1.165) is 32.4 Å². The molecule has 152 valence electrons. The second kappa shape index (κ2) is 7.57. The maximum atomic E-state index is 13.0. The second-order valence-corrected chi connectivity index (χ2v) is 7.19. The maximum absolute atomic E-state index is 13.0. The predicted octanol–water partition coefficient (Wildman–Crippen LogP) is 1.31. The standard InChI is InChI=1S/C20H23N5O4/c1-23-17-16(18(27)22-20(23)28)25(19(21-17)24-10-4-3-5-11-24)12-15(26)13-6-8-14(29-2)9-7-13/h6-9H,3-5,10-12H2,1-2H3,(H,22,27,28). The molecule has 0 atom stereocenters. The summed E-state index contributed by atoms with van der Waals surface area (Å²) >= 11 is 0. The van der Waals surface area contributed by atoms with Gasteiger partial charge in [0.05, 0.1) is 13.7 Å². The number of nitrogens with one attached hydrogen (secondary N) is 1. The number of ether oxygens (including phenoxy) is 1. The molecule has 1 aliphatic heterocycles. The number of aromatic nitrogens is 4. The monoisotopic (exact) mass is 397 g/mol. The molecule has 2 aromatic heterocycles. The summed E-state index contributed by atoms with van der Waals surface area (Å²) in [6.07, 6.45) is 3.18. The average Bonchev–Trinajstić information content (AvgIpc) is 3.12. The third kappa shape index (κ3) is 3.43. The molecule has 9 nitrogen and oxygen atoms in total. The molecule has 1 N–H and O–H groups in total. The van der Waals surface area contributed by atoms with Gasteiger partial charge in [0, 0.05) is 25.7 Å². The van der Waals surface area contributed by atoms with Crippen molar-refractivity contribution in [3.63, 3.8) is 0 Å². The van der Waals surface area contributed by atoms with Crippen LogP contribution in [0.25, 0.3) is 11.2 Å². The molecule has 1 aromatic carbocycles. The molecule has 29 heavy (non-hydrogen) atoms. The van der Waals surface area contributed by atoms with Crippen molar-refractivity contribution < 1.29 is 9.53 Å². The van der Waals surface area contributed by atoms with Gasteiger partial charge in [0.15, 0.2) is 16.9 Å². The molecule has 0 spiro atoms. The summed E-state index contributed by atoms with van der Waals surface area (Å²) in [7, 11) is 3.12. The third-order valence-electron chi connectivity index (χ3n) is 5.34. The van der Waals surface area contributed by atoms with Gasteiger partial charge < -0.3 is 9.64 Å². The van der Waals surface area contributed by atoms with Crippen molar-refractivity contribution in [1.82, 2.24) is 19.1 Å². The summed E-state index contributed by atoms with van der Waals surface area (Å²) in [6.45, 7) is 1.55. The number of carbonyl (C=O) groups excluding carboxylic acids is 1. The minimum Gasteiger partial charge on any atom is -0.497 e. The molecule has 3 heterocycles. The first kappa shape index (κ1) is 19.0. The van der Waals surface area contributed by atoms with Crippen molar-refractivity contribution in [3.05, 3.63) is 50.7 Å². The Balaban J connectivity index is 1.82. The van der Waals surface area contributed by atoms with E-state index in [4.69, 9.17) is 4.74 Å². The Hall–Kier alpha value is -3.36. The number of piperidine rings is 1. The van der Waals surface area contributed by atoms with Gasteiger partial charge in [-0.15, -0.1) is 0 Å². The van der Waals surface area contributed by atoms with Gasteiger partial charge in [-0.05, 0) is 43.5 Å².